The molecule has 126 valence electrons. The summed E-state index contributed by atoms with van der Waals surface area (Å²) in [4.78, 5) is 9.64. The summed E-state index contributed by atoms with van der Waals surface area (Å²) in [5, 5.41) is 6.49. The lowest BCUT2D eigenvalue weighted by Gasteiger charge is -2.11. The first-order chi connectivity index (χ1) is 10.8. The van der Waals surface area contributed by atoms with E-state index in [9.17, 15) is 0 Å². The lowest BCUT2D eigenvalue weighted by Crippen LogP contribution is -2.38. The van der Waals surface area contributed by atoms with Crippen molar-refractivity contribution in [1.29, 1.82) is 0 Å². The second-order valence-electron chi connectivity index (χ2n) is 4.79. The first-order valence-corrected chi connectivity index (χ1v) is 8.64. The maximum atomic E-state index is 5.50. The molecular weight excluding hydrogens is 300 g/mol. The number of nitrogens with zero attached hydrogens (tertiary/aromatic N) is 2. The van der Waals surface area contributed by atoms with Gasteiger partial charge in [-0.2, -0.15) is 0 Å². The van der Waals surface area contributed by atoms with Gasteiger partial charge in [0.15, 0.2) is 5.96 Å². The lowest BCUT2D eigenvalue weighted by atomic mass is 10.4. The van der Waals surface area contributed by atoms with Crippen LogP contribution < -0.4 is 10.6 Å². The van der Waals surface area contributed by atoms with Crippen LogP contribution in [0.25, 0.3) is 0 Å². The van der Waals surface area contributed by atoms with Crippen molar-refractivity contribution in [2.45, 2.75) is 33.2 Å². The van der Waals surface area contributed by atoms with Gasteiger partial charge in [0.05, 0.1) is 37.6 Å². The molecule has 0 saturated heterocycles. The van der Waals surface area contributed by atoms with Crippen LogP contribution in [0.1, 0.15) is 30.3 Å². The number of hydrogen-bond acceptors (Lipinski definition) is 5. The Hall–Kier alpha value is -1.18. The average Bonchev–Trinajstić information content (AvgIpc) is 2.94. The van der Waals surface area contributed by atoms with E-state index in [0.29, 0.717) is 19.8 Å². The molecule has 1 aromatic rings. The molecule has 0 aromatic carbocycles. The number of unbranched alkanes of at least 4 members (excludes halogenated alkanes) is 1. The van der Waals surface area contributed by atoms with Gasteiger partial charge >= 0.3 is 0 Å². The molecule has 1 aromatic heterocycles. The van der Waals surface area contributed by atoms with E-state index in [1.54, 1.807) is 18.4 Å². The molecule has 6 nitrogen and oxygen atoms in total. The van der Waals surface area contributed by atoms with Crippen LogP contribution in [0, 0.1) is 6.92 Å². The smallest absolute Gasteiger partial charge is 0.191 e. The van der Waals surface area contributed by atoms with Gasteiger partial charge in [0.1, 0.15) is 0 Å². The minimum absolute atomic E-state index is 0.636. The van der Waals surface area contributed by atoms with Crippen molar-refractivity contribution in [3.05, 3.63) is 16.1 Å². The number of aliphatic imine (C=N–C) groups is 1. The molecule has 0 radical (unpaired) electrons. The van der Waals surface area contributed by atoms with Gasteiger partial charge in [-0.3, -0.25) is 4.99 Å². The van der Waals surface area contributed by atoms with E-state index < -0.39 is 0 Å². The number of guanidine groups is 1. The molecule has 2 N–H and O–H groups in total. The Labute approximate surface area is 137 Å². The monoisotopic (exact) mass is 328 g/mol. The predicted molar refractivity (Wildman–Crippen MR) is 91.6 cm³/mol. The number of aromatic nitrogens is 1. The van der Waals surface area contributed by atoms with Crippen molar-refractivity contribution in [2.75, 3.05) is 40.0 Å². The molecule has 0 aliphatic carbocycles. The molecule has 0 spiro atoms. The summed E-state index contributed by atoms with van der Waals surface area (Å²) in [6.07, 6.45) is 2.28. The van der Waals surface area contributed by atoms with Crippen LogP contribution in [-0.4, -0.2) is 51.0 Å². The van der Waals surface area contributed by atoms with Gasteiger partial charge < -0.3 is 20.1 Å². The summed E-state index contributed by atoms with van der Waals surface area (Å²) in [6, 6.07) is 0. The van der Waals surface area contributed by atoms with Crippen molar-refractivity contribution >= 4 is 17.3 Å². The fourth-order valence-corrected chi connectivity index (χ4v) is 2.41. The Morgan fingerprint density at radius 2 is 2.00 bits per heavy atom. The Morgan fingerprint density at radius 3 is 2.64 bits per heavy atom. The van der Waals surface area contributed by atoms with Gasteiger partial charge in [0.2, 0.25) is 0 Å². The molecule has 0 amide bonds. The van der Waals surface area contributed by atoms with Crippen LogP contribution in [0.15, 0.2) is 10.5 Å². The Bertz CT molecular complexity index is 423. The van der Waals surface area contributed by atoms with Crippen molar-refractivity contribution in [3.63, 3.8) is 0 Å². The number of ether oxygens (including phenoxy) is 2. The van der Waals surface area contributed by atoms with Gasteiger partial charge in [0, 0.05) is 25.1 Å². The first-order valence-electron chi connectivity index (χ1n) is 7.76. The van der Waals surface area contributed by atoms with Gasteiger partial charge in [-0.05, 0) is 13.3 Å². The summed E-state index contributed by atoms with van der Waals surface area (Å²) in [5.41, 5.74) is 2.93. The van der Waals surface area contributed by atoms with Crippen LogP contribution >= 0.6 is 11.3 Å². The fraction of sp³-hybridized carbons (Fsp3) is 0.733. The lowest BCUT2D eigenvalue weighted by molar-refractivity contribution is 0.0487. The maximum Gasteiger partial charge on any atom is 0.191 e. The molecule has 0 bridgehead atoms. The minimum Gasteiger partial charge on any atom is -0.379 e. The molecule has 1 rings (SSSR count). The third-order valence-corrected chi connectivity index (χ3v) is 3.97. The highest BCUT2D eigenvalue weighted by atomic mass is 32.1. The molecule has 7 heteroatoms. The Morgan fingerprint density at radius 1 is 1.23 bits per heavy atom. The number of thiazole rings is 1. The van der Waals surface area contributed by atoms with Crippen molar-refractivity contribution < 1.29 is 9.47 Å². The largest absolute Gasteiger partial charge is 0.379 e. The van der Waals surface area contributed by atoms with Gasteiger partial charge in [-0.15, -0.1) is 11.3 Å². The van der Waals surface area contributed by atoms with Crippen LogP contribution in [-0.2, 0) is 16.0 Å². The van der Waals surface area contributed by atoms with E-state index in [2.05, 4.69) is 27.5 Å². The SMILES string of the molecule is CCCCOCCOCCNC(=NC)NCc1scnc1C. The maximum absolute atomic E-state index is 5.50. The molecule has 0 unspecified atom stereocenters. The zero-order chi connectivity index (χ0) is 16.0. The third-order valence-electron chi connectivity index (χ3n) is 3.04. The average molecular weight is 328 g/mol. The van der Waals surface area contributed by atoms with E-state index in [-0.39, 0.29) is 0 Å². The molecule has 0 saturated carbocycles. The molecule has 0 atom stereocenters. The highest BCUT2D eigenvalue weighted by molar-refractivity contribution is 7.09. The summed E-state index contributed by atoms with van der Waals surface area (Å²) in [6.45, 7) is 8.39. The minimum atomic E-state index is 0.636. The summed E-state index contributed by atoms with van der Waals surface area (Å²) >= 11 is 1.65. The van der Waals surface area contributed by atoms with Gasteiger partial charge in [0.25, 0.3) is 0 Å². The van der Waals surface area contributed by atoms with E-state index in [1.807, 2.05) is 12.4 Å². The molecule has 22 heavy (non-hydrogen) atoms. The van der Waals surface area contributed by atoms with E-state index in [1.165, 1.54) is 4.88 Å². The van der Waals surface area contributed by atoms with Gasteiger partial charge in [-0.1, -0.05) is 13.3 Å². The highest BCUT2D eigenvalue weighted by Crippen LogP contribution is 2.10. The Kier molecular flexibility index (Phi) is 10.6. The summed E-state index contributed by atoms with van der Waals surface area (Å²) in [5.74, 6) is 0.774. The van der Waals surface area contributed by atoms with Crippen LogP contribution in [0.4, 0.5) is 0 Å². The van der Waals surface area contributed by atoms with E-state index in [0.717, 1.165) is 44.2 Å². The third kappa shape index (κ3) is 8.31. The summed E-state index contributed by atoms with van der Waals surface area (Å²) in [7, 11) is 1.76. The number of nitrogens with one attached hydrogen (secondary N) is 2. The molecule has 0 aliphatic heterocycles. The van der Waals surface area contributed by atoms with Crippen molar-refractivity contribution in [1.82, 2.24) is 15.6 Å². The topological polar surface area (TPSA) is 67.8 Å². The van der Waals surface area contributed by atoms with Crippen LogP contribution in [0.3, 0.4) is 0 Å². The van der Waals surface area contributed by atoms with Crippen LogP contribution in [0.5, 0.6) is 0 Å². The number of rotatable bonds is 11. The quantitative estimate of drug-likeness (QED) is 0.369. The zero-order valence-corrected chi connectivity index (χ0v) is 14.7. The van der Waals surface area contributed by atoms with Crippen LogP contribution in [0.2, 0.25) is 0 Å². The van der Waals surface area contributed by atoms with Crippen molar-refractivity contribution in [3.8, 4) is 0 Å². The molecule has 0 fully saturated rings. The molecule has 0 aliphatic rings. The second-order valence-corrected chi connectivity index (χ2v) is 5.73. The fourth-order valence-electron chi connectivity index (χ4n) is 1.69. The molecular formula is C15H28N4O2S. The summed E-state index contributed by atoms with van der Waals surface area (Å²) < 4.78 is 10.9. The Balaban J connectivity index is 2.01. The van der Waals surface area contributed by atoms with E-state index >= 15 is 0 Å². The van der Waals surface area contributed by atoms with Crippen molar-refractivity contribution in [2.24, 2.45) is 4.99 Å². The zero-order valence-electron chi connectivity index (χ0n) is 13.9. The standard InChI is InChI=1S/C15H28N4O2S/c1-4-5-7-20-9-10-21-8-6-17-15(16-3)18-11-14-13(2)19-12-22-14/h12H,4-11H2,1-3H3,(H2,16,17,18). The number of hydrogen-bond donors (Lipinski definition) is 2. The number of aryl methyl sites for hydroxylation is 1. The normalized spacial score (nSPS) is 11.7. The second kappa shape index (κ2) is 12.4. The molecule has 1 heterocycles. The highest BCUT2D eigenvalue weighted by Gasteiger charge is 2.02. The first kappa shape index (κ1) is 18.9. The van der Waals surface area contributed by atoms with Gasteiger partial charge in [-0.25, -0.2) is 4.98 Å². The predicted octanol–water partition coefficient (Wildman–Crippen LogP) is 1.95. The van der Waals surface area contributed by atoms with E-state index in [4.69, 9.17) is 9.47 Å².